The van der Waals surface area contributed by atoms with Gasteiger partial charge in [0.15, 0.2) is 0 Å². The van der Waals surface area contributed by atoms with Gasteiger partial charge in [0, 0.05) is 6.42 Å². The zero-order valence-corrected chi connectivity index (χ0v) is 7.81. The molecule has 5 heteroatoms. The van der Waals surface area contributed by atoms with E-state index >= 15 is 0 Å². The highest BCUT2D eigenvalue weighted by Gasteiger charge is 2.09. The Labute approximate surface area is 84.1 Å². The lowest BCUT2D eigenvalue weighted by atomic mass is 10.1. The molecule has 1 aromatic rings. The third-order valence-electron chi connectivity index (χ3n) is 1.70. The van der Waals surface area contributed by atoms with E-state index < -0.39 is 17.6 Å². The van der Waals surface area contributed by atoms with E-state index in [1.807, 2.05) is 0 Å². The highest BCUT2D eigenvalue weighted by molar-refractivity contribution is 6.30. The van der Waals surface area contributed by atoms with Gasteiger partial charge in [-0.25, -0.2) is 8.78 Å². The van der Waals surface area contributed by atoms with Crippen LogP contribution in [0.25, 0.3) is 0 Å². The molecule has 0 aliphatic rings. The molecule has 0 amide bonds. The van der Waals surface area contributed by atoms with Gasteiger partial charge in [0.25, 0.3) is 0 Å². The summed E-state index contributed by atoms with van der Waals surface area (Å²) in [6, 6.07) is 1.76. The number of carboxylic acids is 1. The smallest absolute Gasteiger partial charge is 0.303 e. The van der Waals surface area contributed by atoms with Crippen molar-refractivity contribution in [3.63, 3.8) is 0 Å². The van der Waals surface area contributed by atoms with Gasteiger partial charge in [0.1, 0.15) is 11.6 Å². The largest absolute Gasteiger partial charge is 0.481 e. The average Bonchev–Trinajstić information content (AvgIpc) is 2.09. The molecule has 14 heavy (non-hydrogen) atoms. The minimum atomic E-state index is -1.06. The standard InChI is InChI=1S/C9H7ClF2O2/c10-6-4-7(11)5(3-8(6)12)1-2-9(13)14/h3-4H,1-2H2,(H,13,14). The van der Waals surface area contributed by atoms with Crippen molar-refractivity contribution < 1.29 is 18.7 Å². The Kier molecular flexibility index (Phi) is 3.41. The third-order valence-corrected chi connectivity index (χ3v) is 1.99. The zero-order valence-electron chi connectivity index (χ0n) is 7.06. The van der Waals surface area contributed by atoms with Gasteiger partial charge in [0.05, 0.1) is 5.02 Å². The number of halogens is 3. The maximum absolute atomic E-state index is 13.0. The van der Waals surface area contributed by atoms with Gasteiger partial charge in [0.2, 0.25) is 0 Å². The van der Waals surface area contributed by atoms with Crippen molar-refractivity contribution in [2.45, 2.75) is 12.8 Å². The lowest BCUT2D eigenvalue weighted by Gasteiger charge is -2.02. The van der Waals surface area contributed by atoms with Crippen molar-refractivity contribution in [2.75, 3.05) is 0 Å². The van der Waals surface area contributed by atoms with Crippen molar-refractivity contribution in [2.24, 2.45) is 0 Å². The second-order valence-corrected chi connectivity index (χ2v) is 3.16. The molecule has 0 spiro atoms. The Morgan fingerprint density at radius 2 is 2.00 bits per heavy atom. The van der Waals surface area contributed by atoms with Crippen LogP contribution >= 0.6 is 11.6 Å². The molecule has 0 aliphatic heterocycles. The van der Waals surface area contributed by atoms with E-state index in [2.05, 4.69) is 0 Å². The van der Waals surface area contributed by atoms with Crippen LogP contribution in [-0.2, 0) is 11.2 Å². The number of carboxylic acid groups (broad SMARTS) is 1. The van der Waals surface area contributed by atoms with Crippen LogP contribution in [0.5, 0.6) is 0 Å². The lowest BCUT2D eigenvalue weighted by molar-refractivity contribution is -0.136. The Morgan fingerprint density at radius 3 is 2.57 bits per heavy atom. The summed E-state index contributed by atoms with van der Waals surface area (Å²) in [6.07, 6.45) is -0.284. The number of hydrogen-bond donors (Lipinski definition) is 1. The summed E-state index contributed by atoms with van der Waals surface area (Å²) in [5.74, 6) is -2.48. The van der Waals surface area contributed by atoms with Crippen LogP contribution < -0.4 is 0 Å². The van der Waals surface area contributed by atoms with Gasteiger partial charge in [-0.05, 0) is 24.1 Å². The summed E-state index contributed by atoms with van der Waals surface area (Å²) >= 11 is 5.32. The van der Waals surface area contributed by atoms with E-state index in [4.69, 9.17) is 16.7 Å². The molecule has 0 saturated heterocycles. The summed E-state index contributed by atoms with van der Waals surface area (Å²) in [4.78, 5) is 10.2. The second kappa shape index (κ2) is 4.37. The monoisotopic (exact) mass is 220 g/mol. The molecule has 0 unspecified atom stereocenters. The van der Waals surface area contributed by atoms with E-state index in [-0.39, 0.29) is 23.4 Å². The van der Waals surface area contributed by atoms with Crippen LogP contribution in [-0.4, -0.2) is 11.1 Å². The first-order valence-corrected chi connectivity index (χ1v) is 4.23. The molecule has 1 aromatic carbocycles. The van der Waals surface area contributed by atoms with Crippen molar-refractivity contribution >= 4 is 17.6 Å². The minimum Gasteiger partial charge on any atom is -0.481 e. The van der Waals surface area contributed by atoms with Crippen LogP contribution in [0.4, 0.5) is 8.78 Å². The van der Waals surface area contributed by atoms with Gasteiger partial charge < -0.3 is 5.11 Å². The first-order chi connectivity index (χ1) is 6.50. The van der Waals surface area contributed by atoms with Crippen molar-refractivity contribution in [1.82, 2.24) is 0 Å². The molecule has 76 valence electrons. The van der Waals surface area contributed by atoms with Crippen LogP contribution in [0, 0.1) is 11.6 Å². The van der Waals surface area contributed by atoms with Crippen LogP contribution in [0.3, 0.4) is 0 Å². The van der Waals surface area contributed by atoms with Gasteiger partial charge in [-0.2, -0.15) is 0 Å². The molecular weight excluding hydrogens is 214 g/mol. The Balaban J connectivity index is 2.87. The van der Waals surface area contributed by atoms with E-state index in [9.17, 15) is 13.6 Å². The first-order valence-electron chi connectivity index (χ1n) is 3.86. The predicted molar refractivity (Wildman–Crippen MR) is 47.3 cm³/mol. The maximum Gasteiger partial charge on any atom is 0.303 e. The topological polar surface area (TPSA) is 37.3 Å². The Morgan fingerprint density at radius 1 is 1.36 bits per heavy atom. The van der Waals surface area contributed by atoms with Gasteiger partial charge in [-0.1, -0.05) is 11.6 Å². The lowest BCUT2D eigenvalue weighted by Crippen LogP contribution is -2.00. The van der Waals surface area contributed by atoms with Gasteiger partial charge in [-0.15, -0.1) is 0 Å². The number of rotatable bonds is 3. The summed E-state index contributed by atoms with van der Waals surface area (Å²) < 4.78 is 25.9. The molecule has 0 heterocycles. The zero-order chi connectivity index (χ0) is 10.7. The number of benzene rings is 1. The predicted octanol–water partition coefficient (Wildman–Crippen LogP) is 2.64. The van der Waals surface area contributed by atoms with E-state index in [0.717, 1.165) is 12.1 Å². The van der Waals surface area contributed by atoms with Gasteiger partial charge in [-0.3, -0.25) is 4.79 Å². The molecule has 0 bridgehead atoms. The molecule has 0 atom stereocenters. The fourth-order valence-electron chi connectivity index (χ4n) is 0.997. The molecule has 0 fully saturated rings. The second-order valence-electron chi connectivity index (χ2n) is 2.75. The highest BCUT2D eigenvalue weighted by Crippen LogP contribution is 2.20. The van der Waals surface area contributed by atoms with E-state index in [0.29, 0.717) is 0 Å². The molecule has 2 nitrogen and oxygen atoms in total. The van der Waals surface area contributed by atoms with Gasteiger partial charge >= 0.3 is 5.97 Å². The Bertz CT molecular complexity index is 366. The quantitative estimate of drug-likeness (QED) is 0.795. The molecule has 0 aromatic heterocycles. The van der Waals surface area contributed by atoms with Crippen LogP contribution in [0.1, 0.15) is 12.0 Å². The molecule has 1 N–H and O–H groups in total. The number of hydrogen-bond acceptors (Lipinski definition) is 1. The highest BCUT2D eigenvalue weighted by atomic mass is 35.5. The average molecular weight is 221 g/mol. The van der Waals surface area contributed by atoms with Crippen LogP contribution in [0.15, 0.2) is 12.1 Å². The molecule has 0 saturated carbocycles. The number of aryl methyl sites for hydroxylation is 1. The third kappa shape index (κ3) is 2.67. The fraction of sp³-hybridized carbons (Fsp3) is 0.222. The summed E-state index contributed by atoms with van der Waals surface area (Å²) in [5, 5.41) is 8.04. The van der Waals surface area contributed by atoms with Crippen LogP contribution in [0.2, 0.25) is 5.02 Å². The summed E-state index contributed by atoms with van der Waals surface area (Å²) in [5.41, 5.74) is 0.0225. The minimum absolute atomic E-state index is 0.0225. The van der Waals surface area contributed by atoms with E-state index in [1.165, 1.54) is 0 Å². The van der Waals surface area contributed by atoms with Crippen molar-refractivity contribution in [3.8, 4) is 0 Å². The number of carbonyl (C=O) groups is 1. The molecular formula is C9H7ClF2O2. The fourth-order valence-corrected chi connectivity index (χ4v) is 1.15. The SMILES string of the molecule is O=C(O)CCc1cc(F)c(Cl)cc1F. The van der Waals surface area contributed by atoms with Crippen molar-refractivity contribution in [1.29, 1.82) is 0 Å². The first kappa shape index (κ1) is 10.9. The van der Waals surface area contributed by atoms with E-state index in [1.54, 1.807) is 0 Å². The summed E-state index contributed by atoms with van der Waals surface area (Å²) in [6.45, 7) is 0. The van der Waals surface area contributed by atoms with Crippen molar-refractivity contribution in [3.05, 3.63) is 34.4 Å². The molecule has 1 rings (SSSR count). The normalized spacial score (nSPS) is 10.2. The molecule has 0 radical (unpaired) electrons. The number of aliphatic carboxylic acids is 1. The maximum atomic E-state index is 13.0. The molecule has 0 aliphatic carbocycles. The Hall–Kier alpha value is -1.16. The summed E-state index contributed by atoms with van der Waals surface area (Å²) in [7, 11) is 0.